The third kappa shape index (κ3) is 2.49. The molecule has 0 spiro atoms. The van der Waals surface area contributed by atoms with Gasteiger partial charge in [-0.1, -0.05) is 12.2 Å². The van der Waals surface area contributed by atoms with Crippen LogP contribution in [0, 0.1) is 0 Å². The largest absolute Gasteiger partial charge is 0.469 e. The Hall–Kier alpha value is -2.58. The quantitative estimate of drug-likeness (QED) is 0.534. The molecule has 0 aromatic carbocycles. The van der Waals surface area contributed by atoms with Crippen LogP contribution in [0.25, 0.3) is 0 Å². The highest BCUT2D eigenvalue weighted by molar-refractivity contribution is 5.76. The maximum absolute atomic E-state index is 12.4. The average Bonchev–Trinajstić information content (AvgIpc) is 2.77. The number of carbonyl (C=O) groups excluding carboxylic acids is 2. The summed E-state index contributed by atoms with van der Waals surface area (Å²) in [6.07, 6.45) is 3.05. The number of carbonyl (C=O) groups is 2. The van der Waals surface area contributed by atoms with Crippen LogP contribution in [-0.2, 0) is 25.6 Å². The fourth-order valence-corrected chi connectivity index (χ4v) is 2.36. The lowest BCUT2D eigenvalue weighted by Gasteiger charge is -2.22. The van der Waals surface area contributed by atoms with Crippen LogP contribution >= 0.6 is 0 Å². The molecule has 9 nitrogen and oxygen atoms in total. The van der Waals surface area contributed by atoms with Crippen molar-refractivity contribution in [3.63, 3.8) is 0 Å². The standard InChI is InChI=1S/C13H17N3O6/c1-8-4-5-9(11(18)22-3)16-13(20)14(12(19)15(8)16)7-6-10(17)21-2/h4-5,8-9H,6-7H2,1-3H3. The highest BCUT2D eigenvalue weighted by Crippen LogP contribution is 2.18. The van der Waals surface area contributed by atoms with Crippen LogP contribution in [-0.4, -0.2) is 40.1 Å². The second-order valence-electron chi connectivity index (χ2n) is 4.83. The minimum absolute atomic E-state index is 0.111. The SMILES string of the molecule is COC(=O)CCn1c(=O)n2n(c1=O)C(C(=O)OC)C=CC2C. The Bertz CT molecular complexity index is 738. The first kappa shape index (κ1) is 15.8. The lowest BCUT2D eigenvalue weighted by atomic mass is 10.2. The molecule has 2 atom stereocenters. The van der Waals surface area contributed by atoms with Crippen molar-refractivity contribution in [1.82, 2.24) is 13.9 Å². The van der Waals surface area contributed by atoms with Gasteiger partial charge >= 0.3 is 23.3 Å². The van der Waals surface area contributed by atoms with Gasteiger partial charge in [-0.05, 0) is 6.92 Å². The molecule has 0 radical (unpaired) electrons. The topological polar surface area (TPSA) is 102 Å². The maximum Gasteiger partial charge on any atom is 0.348 e. The van der Waals surface area contributed by atoms with Gasteiger partial charge in [-0.25, -0.2) is 28.3 Å². The minimum Gasteiger partial charge on any atom is -0.469 e. The number of allylic oxidation sites excluding steroid dienone is 1. The summed E-state index contributed by atoms with van der Waals surface area (Å²) in [6, 6.07) is -1.39. The number of hydrogen-bond donors (Lipinski definition) is 0. The van der Waals surface area contributed by atoms with Crippen LogP contribution in [0.3, 0.4) is 0 Å². The third-order valence-corrected chi connectivity index (χ3v) is 3.52. The fraction of sp³-hybridized carbons (Fsp3) is 0.538. The van der Waals surface area contributed by atoms with Gasteiger partial charge in [-0.15, -0.1) is 0 Å². The molecule has 0 saturated carbocycles. The first-order chi connectivity index (χ1) is 10.4. The Morgan fingerprint density at radius 1 is 1.09 bits per heavy atom. The molecule has 0 bridgehead atoms. The summed E-state index contributed by atoms with van der Waals surface area (Å²) < 4.78 is 12.3. The van der Waals surface area contributed by atoms with Crippen molar-refractivity contribution in [3.05, 3.63) is 33.1 Å². The van der Waals surface area contributed by atoms with Crippen molar-refractivity contribution >= 4 is 11.9 Å². The molecule has 1 aromatic heterocycles. The second-order valence-corrected chi connectivity index (χ2v) is 4.83. The molecule has 1 aromatic rings. The van der Waals surface area contributed by atoms with Gasteiger partial charge in [0.2, 0.25) is 0 Å². The van der Waals surface area contributed by atoms with Crippen molar-refractivity contribution in [3.8, 4) is 0 Å². The molecule has 0 fully saturated rings. The molecule has 0 amide bonds. The number of hydrogen-bond acceptors (Lipinski definition) is 6. The molecule has 9 heteroatoms. The van der Waals surface area contributed by atoms with E-state index in [4.69, 9.17) is 0 Å². The van der Waals surface area contributed by atoms with E-state index < -0.39 is 29.4 Å². The molecule has 1 aliphatic heterocycles. The summed E-state index contributed by atoms with van der Waals surface area (Å²) in [5, 5.41) is 0. The monoisotopic (exact) mass is 311 g/mol. The first-order valence-electron chi connectivity index (χ1n) is 6.69. The lowest BCUT2D eigenvalue weighted by Crippen LogP contribution is -2.38. The molecular weight excluding hydrogens is 294 g/mol. The van der Waals surface area contributed by atoms with E-state index in [9.17, 15) is 19.2 Å². The van der Waals surface area contributed by atoms with Gasteiger partial charge < -0.3 is 9.47 Å². The van der Waals surface area contributed by atoms with E-state index in [0.717, 1.165) is 9.25 Å². The molecular formula is C13H17N3O6. The highest BCUT2D eigenvalue weighted by Gasteiger charge is 2.31. The molecule has 2 heterocycles. The fourth-order valence-electron chi connectivity index (χ4n) is 2.36. The molecule has 0 N–H and O–H groups in total. The van der Waals surface area contributed by atoms with Crippen molar-refractivity contribution < 1.29 is 19.1 Å². The maximum atomic E-state index is 12.4. The molecule has 0 aliphatic carbocycles. The molecule has 0 saturated heterocycles. The zero-order valence-corrected chi connectivity index (χ0v) is 12.5. The van der Waals surface area contributed by atoms with E-state index in [1.54, 1.807) is 13.0 Å². The molecule has 1 aliphatic rings. The van der Waals surface area contributed by atoms with Crippen LogP contribution in [0.1, 0.15) is 25.4 Å². The lowest BCUT2D eigenvalue weighted by molar-refractivity contribution is -0.144. The van der Waals surface area contributed by atoms with Gasteiger partial charge in [0.25, 0.3) is 0 Å². The Morgan fingerprint density at radius 2 is 1.73 bits per heavy atom. The number of aromatic nitrogens is 3. The van der Waals surface area contributed by atoms with E-state index >= 15 is 0 Å². The van der Waals surface area contributed by atoms with Crippen LogP contribution in [0.5, 0.6) is 0 Å². The second kappa shape index (κ2) is 6.04. The summed E-state index contributed by atoms with van der Waals surface area (Å²) in [5.74, 6) is -1.18. The number of rotatable bonds is 4. The van der Waals surface area contributed by atoms with Crippen LogP contribution in [0.4, 0.5) is 0 Å². The normalized spacial score (nSPS) is 19.6. The van der Waals surface area contributed by atoms with Gasteiger partial charge in [0, 0.05) is 6.54 Å². The van der Waals surface area contributed by atoms with E-state index in [0.29, 0.717) is 0 Å². The Kier molecular flexibility index (Phi) is 4.34. The smallest absolute Gasteiger partial charge is 0.348 e. The number of methoxy groups -OCH3 is 2. The third-order valence-electron chi connectivity index (χ3n) is 3.52. The van der Waals surface area contributed by atoms with E-state index in [-0.39, 0.29) is 19.0 Å². The van der Waals surface area contributed by atoms with E-state index in [2.05, 4.69) is 9.47 Å². The molecule has 120 valence electrons. The van der Waals surface area contributed by atoms with Gasteiger partial charge in [0.15, 0.2) is 6.04 Å². The van der Waals surface area contributed by atoms with Gasteiger partial charge in [-0.3, -0.25) is 4.79 Å². The Morgan fingerprint density at radius 3 is 2.32 bits per heavy atom. The minimum atomic E-state index is -0.999. The van der Waals surface area contributed by atoms with Gasteiger partial charge in [0.05, 0.1) is 26.7 Å². The van der Waals surface area contributed by atoms with Crippen molar-refractivity contribution in [2.24, 2.45) is 0 Å². The summed E-state index contributed by atoms with van der Waals surface area (Å²) in [4.78, 5) is 47.8. The van der Waals surface area contributed by atoms with Gasteiger partial charge in [0.1, 0.15) is 0 Å². The van der Waals surface area contributed by atoms with Crippen LogP contribution in [0.2, 0.25) is 0 Å². The number of fused-ring (bicyclic) bond motifs is 1. The van der Waals surface area contributed by atoms with Gasteiger partial charge in [-0.2, -0.15) is 0 Å². The first-order valence-corrected chi connectivity index (χ1v) is 6.69. The van der Waals surface area contributed by atoms with Crippen molar-refractivity contribution in [2.45, 2.75) is 32.0 Å². The predicted molar refractivity (Wildman–Crippen MR) is 74.5 cm³/mol. The zero-order chi connectivity index (χ0) is 16.4. The zero-order valence-electron chi connectivity index (χ0n) is 12.5. The number of esters is 2. The van der Waals surface area contributed by atoms with E-state index in [1.165, 1.54) is 25.0 Å². The highest BCUT2D eigenvalue weighted by atomic mass is 16.5. The number of nitrogens with zero attached hydrogens (tertiary/aromatic N) is 3. The van der Waals surface area contributed by atoms with Crippen LogP contribution < -0.4 is 11.4 Å². The summed E-state index contributed by atoms with van der Waals surface area (Å²) in [6.45, 7) is 1.60. The summed E-state index contributed by atoms with van der Waals surface area (Å²) in [7, 11) is 2.43. The predicted octanol–water partition coefficient (Wildman–Crippen LogP) is -0.780. The average molecular weight is 311 g/mol. The molecule has 2 unspecified atom stereocenters. The van der Waals surface area contributed by atoms with Crippen molar-refractivity contribution in [1.29, 1.82) is 0 Å². The Labute approximate surface area is 125 Å². The number of ether oxygens (including phenoxy) is 2. The molecule has 2 rings (SSSR count). The van der Waals surface area contributed by atoms with Crippen molar-refractivity contribution in [2.75, 3.05) is 14.2 Å². The Balaban J connectivity index is 2.50. The van der Waals surface area contributed by atoms with E-state index in [1.807, 2.05) is 0 Å². The summed E-state index contributed by atoms with van der Waals surface area (Å²) in [5.41, 5.74) is -1.25. The molecule has 22 heavy (non-hydrogen) atoms. The summed E-state index contributed by atoms with van der Waals surface area (Å²) >= 11 is 0. The van der Waals surface area contributed by atoms with Crippen LogP contribution in [0.15, 0.2) is 21.7 Å².